The van der Waals surface area contributed by atoms with Gasteiger partial charge in [0.1, 0.15) is 0 Å². The Hall–Kier alpha value is -0.120. The van der Waals surface area contributed by atoms with E-state index in [1.54, 1.807) is 14.2 Å². The Morgan fingerprint density at radius 3 is 2.36 bits per heavy atom. The lowest BCUT2D eigenvalue weighted by Crippen LogP contribution is -2.32. The largest absolute Gasteiger partial charge is 0.383 e. The fourth-order valence-electron chi connectivity index (χ4n) is 1.86. The molecule has 3 heteroatoms. The van der Waals surface area contributed by atoms with E-state index < -0.39 is 0 Å². The molecule has 0 amide bonds. The lowest BCUT2D eigenvalue weighted by Gasteiger charge is -2.20. The number of nitrogens with zero attached hydrogens (tertiary/aromatic N) is 1. The van der Waals surface area contributed by atoms with E-state index >= 15 is 0 Å². The maximum atomic E-state index is 5.32. The summed E-state index contributed by atoms with van der Waals surface area (Å²) in [6.07, 6.45) is 1.52. The molecule has 1 fully saturated rings. The fraction of sp³-hybridized carbons (Fsp3) is 1.00. The quantitative estimate of drug-likeness (QED) is 0.695. The lowest BCUT2D eigenvalue weighted by molar-refractivity contribution is 0.109. The molecule has 2 atom stereocenters. The molecule has 0 aromatic rings. The maximum Gasteiger partial charge on any atom is 0.0714 e. The summed E-state index contributed by atoms with van der Waals surface area (Å²) in [4.78, 5) is 2.41. The molecule has 0 saturated carbocycles. The zero-order valence-corrected chi connectivity index (χ0v) is 10.2. The number of methoxy groups -OCH3 is 2. The molecule has 0 radical (unpaired) electrons. The lowest BCUT2D eigenvalue weighted by atomic mass is 10.2. The molecule has 1 aliphatic rings. The smallest absolute Gasteiger partial charge is 0.0714 e. The van der Waals surface area contributed by atoms with Crippen molar-refractivity contribution < 1.29 is 9.47 Å². The van der Waals surface area contributed by atoms with Crippen LogP contribution in [-0.4, -0.2) is 51.0 Å². The van der Waals surface area contributed by atoms with Crippen molar-refractivity contribution in [1.82, 2.24) is 4.90 Å². The van der Waals surface area contributed by atoms with E-state index in [2.05, 4.69) is 11.8 Å². The molecule has 14 heavy (non-hydrogen) atoms. The molecule has 1 rings (SSSR count). The SMILES string of the molecule is CC.CCN1CC(OC)CC1COC. The first-order valence-electron chi connectivity index (χ1n) is 5.57. The van der Waals surface area contributed by atoms with E-state index in [1.807, 2.05) is 13.8 Å². The second-order valence-corrected chi connectivity index (χ2v) is 3.29. The third kappa shape index (κ3) is 3.95. The van der Waals surface area contributed by atoms with Crippen molar-refractivity contribution in [2.24, 2.45) is 0 Å². The van der Waals surface area contributed by atoms with Gasteiger partial charge in [0.15, 0.2) is 0 Å². The third-order valence-electron chi connectivity index (χ3n) is 2.59. The summed E-state index contributed by atoms with van der Waals surface area (Å²) >= 11 is 0. The van der Waals surface area contributed by atoms with Crippen molar-refractivity contribution in [3.8, 4) is 0 Å². The normalized spacial score (nSPS) is 27.2. The highest BCUT2D eigenvalue weighted by Gasteiger charge is 2.30. The second-order valence-electron chi connectivity index (χ2n) is 3.29. The van der Waals surface area contributed by atoms with Gasteiger partial charge in [-0.25, -0.2) is 0 Å². The Bertz CT molecular complexity index is 130. The van der Waals surface area contributed by atoms with Gasteiger partial charge in [-0.15, -0.1) is 0 Å². The summed E-state index contributed by atoms with van der Waals surface area (Å²) in [6, 6.07) is 0.560. The van der Waals surface area contributed by atoms with Crippen molar-refractivity contribution in [2.75, 3.05) is 33.9 Å². The van der Waals surface area contributed by atoms with Gasteiger partial charge in [-0.2, -0.15) is 0 Å². The average Bonchev–Trinajstić information content (AvgIpc) is 2.64. The van der Waals surface area contributed by atoms with Crippen LogP contribution in [-0.2, 0) is 9.47 Å². The molecular weight excluding hydrogens is 178 g/mol. The van der Waals surface area contributed by atoms with Gasteiger partial charge in [0.2, 0.25) is 0 Å². The van der Waals surface area contributed by atoms with Crippen LogP contribution in [0.4, 0.5) is 0 Å². The fourth-order valence-corrected chi connectivity index (χ4v) is 1.86. The first kappa shape index (κ1) is 13.9. The molecule has 1 heterocycles. The van der Waals surface area contributed by atoms with Gasteiger partial charge in [-0.05, 0) is 13.0 Å². The summed E-state index contributed by atoms with van der Waals surface area (Å²) < 4.78 is 10.5. The maximum absolute atomic E-state index is 5.32. The number of hydrogen-bond acceptors (Lipinski definition) is 3. The highest BCUT2D eigenvalue weighted by Crippen LogP contribution is 2.19. The zero-order chi connectivity index (χ0) is 11.0. The molecular formula is C11H25NO2. The zero-order valence-electron chi connectivity index (χ0n) is 10.2. The van der Waals surface area contributed by atoms with E-state index in [-0.39, 0.29) is 0 Å². The summed E-state index contributed by atoms with van der Waals surface area (Å²) in [6.45, 7) is 9.16. The Balaban J connectivity index is 0.000000791. The first-order valence-corrected chi connectivity index (χ1v) is 5.57. The Kier molecular flexibility index (Phi) is 8.14. The third-order valence-corrected chi connectivity index (χ3v) is 2.59. The minimum Gasteiger partial charge on any atom is -0.383 e. The predicted molar refractivity (Wildman–Crippen MR) is 59.7 cm³/mol. The van der Waals surface area contributed by atoms with Crippen LogP contribution in [0.1, 0.15) is 27.2 Å². The van der Waals surface area contributed by atoms with Crippen LogP contribution in [0.5, 0.6) is 0 Å². The van der Waals surface area contributed by atoms with Gasteiger partial charge in [0, 0.05) is 26.8 Å². The van der Waals surface area contributed by atoms with Crippen LogP contribution < -0.4 is 0 Å². The monoisotopic (exact) mass is 203 g/mol. The summed E-state index contributed by atoms with van der Waals surface area (Å²) in [5.41, 5.74) is 0. The van der Waals surface area contributed by atoms with Crippen molar-refractivity contribution in [3.63, 3.8) is 0 Å². The second kappa shape index (κ2) is 8.21. The predicted octanol–water partition coefficient (Wildman–Crippen LogP) is 1.77. The van der Waals surface area contributed by atoms with Gasteiger partial charge < -0.3 is 9.47 Å². The standard InChI is InChI=1S/C9H19NO2.C2H6/c1-4-10-6-9(12-3)5-8(10)7-11-2;1-2/h8-9H,4-7H2,1-3H3;1-2H3. The van der Waals surface area contributed by atoms with Crippen molar-refractivity contribution >= 4 is 0 Å². The average molecular weight is 203 g/mol. The van der Waals surface area contributed by atoms with Crippen LogP contribution >= 0.6 is 0 Å². The number of hydrogen-bond donors (Lipinski definition) is 0. The highest BCUT2D eigenvalue weighted by atomic mass is 16.5. The summed E-state index contributed by atoms with van der Waals surface area (Å²) in [5, 5.41) is 0. The summed E-state index contributed by atoms with van der Waals surface area (Å²) in [5.74, 6) is 0. The van der Waals surface area contributed by atoms with E-state index in [4.69, 9.17) is 9.47 Å². The van der Waals surface area contributed by atoms with Crippen LogP contribution in [0.15, 0.2) is 0 Å². The van der Waals surface area contributed by atoms with E-state index in [1.165, 1.54) is 0 Å². The minimum absolute atomic E-state index is 0.408. The topological polar surface area (TPSA) is 21.7 Å². The molecule has 1 saturated heterocycles. The molecule has 86 valence electrons. The van der Waals surface area contributed by atoms with E-state index in [0.29, 0.717) is 12.1 Å². The van der Waals surface area contributed by atoms with Gasteiger partial charge >= 0.3 is 0 Å². The molecule has 2 unspecified atom stereocenters. The van der Waals surface area contributed by atoms with Crippen LogP contribution in [0.3, 0.4) is 0 Å². The molecule has 0 N–H and O–H groups in total. The van der Waals surface area contributed by atoms with E-state index in [0.717, 1.165) is 26.1 Å². The van der Waals surface area contributed by atoms with Crippen LogP contribution in [0.25, 0.3) is 0 Å². The Morgan fingerprint density at radius 2 is 1.93 bits per heavy atom. The molecule has 0 aliphatic carbocycles. The van der Waals surface area contributed by atoms with Crippen LogP contribution in [0.2, 0.25) is 0 Å². The number of ether oxygens (including phenoxy) is 2. The van der Waals surface area contributed by atoms with Crippen molar-refractivity contribution in [1.29, 1.82) is 0 Å². The molecule has 3 nitrogen and oxygen atoms in total. The van der Waals surface area contributed by atoms with Gasteiger partial charge in [-0.1, -0.05) is 20.8 Å². The molecule has 0 aromatic carbocycles. The van der Waals surface area contributed by atoms with Crippen molar-refractivity contribution in [3.05, 3.63) is 0 Å². The van der Waals surface area contributed by atoms with Gasteiger partial charge in [0.05, 0.1) is 12.7 Å². The van der Waals surface area contributed by atoms with Gasteiger partial charge in [-0.3, -0.25) is 4.90 Å². The Labute approximate surface area is 88.4 Å². The highest BCUT2D eigenvalue weighted by molar-refractivity contribution is 4.84. The summed E-state index contributed by atoms with van der Waals surface area (Å²) in [7, 11) is 3.54. The van der Waals surface area contributed by atoms with Gasteiger partial charge in [0.25, 0.3) is 0 Å². The number of likely N-dealkylation sites (N-methyl/N-ethyl adjacent to an activating group) is 1. The molecule has 0 spiro atoms. The van der Waals surface area contributed by atoms with Crippen molar-refractivity contribution in [2.45, 2.75) is 39.3 Å². The Morgan fingerprint density at radius 1 is 1.29 bits per heavy atom. The minimum atomic E-state index is 0.408. The van der Waals surface area contributed by atoms with Crippen LogP contribution in [0, 0.1) is 0 Å². The number of likely N-dealkylation sites (tertiary alicyclic amines) is 1. The molecule has 1 aliphatic heterocycles. The molecule has 0 bridgehead atoms. The number of rotatable bonds is 4. The first-order chi connectivity index (χ1) is 6.81. The molecule has 0 aromatic heterocycles. The van der Waals surface area contributed by atoms with E-state index in [9.17, 15) is 0 Å².